The van der Waals surface area contributed by atoms with Crippen LogP contribution in [0, 0.1) is 0 Å². The number of anilines is 1. The van der Waals surface area contributed by atoms with Crippen molar-refractivity contribution in [3.05, 3.63) is 22.8 Å². The topological polar surface area (TPSA) is 50.9 Å². The van der Waals surface area contributed by atoms with E-state index >= 15 is 0 Å². The highest BCUT2D eigenvalue weighted by Gasteiger charge is 2.07. The van der Waals surface area contributed by atoms with E-state index in [0.29, 0.717) is 6.04 Å². The van der Waals surface area contributed by atoms with Gasteiger partial charge in [-0.05, 0) is 48.3 Å². The Morgan fingerprint density at radius 1 is 1.57 bits per heavy atom. The molecule has 0 aliphatic heterocycles. The molecule has 2 unspecified atom stereocenters. The number of hydrogen-bond acceptors (Lipinski definition) is 3. The largest absolute Gasteiger partial charge is 0.367 e. The Labute approximate surface area is 93.2 Å². The fourth-order valence-corrected chi connectivity index (χ4v) is 1.71. The monoisotopic (exact) mass is 257 g/mol. The molecule has 3 nitrogen and oxygen atoms in total. The van der Waals surface area contributed by atoms with Crippen molar-refractivity contribution in [3.63, 3.8) is 0 Å². The third-order valence-electron chi connectivity index (χ3n) is 1.87. The molecule has 1 heterocycles. The van der Waals surface area contributed by atoms with Crippen LogP contribution in [0.3, 0.4) is 0 Å². The molecule has 0 aliphatic carbocycles. The number of hydrogen-bond donors (Lipinski definition) is 2. The zero-order valence-electron chi connectivity index (χ0n) is 8.50. The quantitative estimate of drug-likeness (QED) is 0.871. The summed E-state index contributed by atoms with van der Waals surface area (Å²) in [7, 11) is 0. The second-order valence-electron chi connectivity index (χ2n) is 3.59. The van der Waals surface area contributed by atoms with Crippen molar-refractivity contribution in [1.82, 2.24) is 4.98 Å². The Balaban J connectivity index is 2.56. The van der Waals surface area contributed by atoms with E-state index < -0.39 is 0 Å². The molecule has 0 aromatic carbocycles. The molecule has 14 heavy (non-hydrogen) atoms. The fourth-order valence-electron chi connectivity index (χ4n) is 1.34. The molecule has 4 heteroatoms. The highest BCUT2D eigenvalue weighted by Crippen LogP contribution is 2.19. The summed E-state index contributed by atoms with van der Waals surface area (Å²) in [6.45, 7) is 4.11. The van der Waals surface area contributed by atoms with Crippen LogP contribution in [-0.2, 0) is 0 Å². The number of halogens is 1. The average molecular weight is 258 g/mol. The van der Waals surface area contributed by atoms with E-state index in [0.717, 1.165) is 16.7 Å². The molecule has 1 aromatic rings. The number of nitrogens with two attached hydrogens (primary N) is 1. The van der Waals surface area contributed by atoms with Crippen LogP contribution in [0.5, 0.6) is 0 Å². The normalized spacial score (nSPS) is 14.9. The Morgan fingerprint density at radius 3 is 2.86 bits per heavy atom. The van der Waals surface area contributed by atoms with Gasteiger partial charge in [0.15, 0.2) is 0 Å². The highest BCUT2D eigenvalue weighted by atomic mass is 79.9. The predicted molar refractivity (Wildman–Crippen MR) is 63.3 cm³/mol. The lowest BCUT2D eigenvalue weighted by Gasteiger charge is -2.17. The molecule has 0 fully saturated rings. The smallest absolute Gasteiger partial charge is 0.140 e. The zero-order valence-corrected chi connectivity index (χ0v) is 10.1. The van der Waals surface area contributed by atoms with Gasteiger partial charge in [0.1, 0.15) is 5.82 Å². The van der Waals surface area contributed by atoms with Crippen LogP contribution >= 0.6 is 15.9 Å². The molecule has 3 N–H and O–H groups in total. The van der Waals surface area contributed by atoms with Crippen molar-refractivity contribution < 1.29 is 0 Å². The molecule has 78 valence electrons. The summed E-state index contributed by atoms with van der Waals surface area (Å²) in [5, 5.41) is 3.30. The maximum absolute atomic E-state index is 5.71. The van der Waals surface area contributed by atoms with Crippen LogP contribution < -0.4 is 11.1 Å². The van der Waals surface area contributed by atoms with Gasteiger partial charge >= 0.3 is 0 Å². The molecule has 2 atom stereocenters. The minimum Gasteiger partial charge on any atom is -0.367 e. The lowest BCUT2D eigenvalue weighted by Crippen LogP contribution is -2.26. The molecule has 0 bridgehead atoms. The van der Waals surface area contributed by atoms with E-state index in [4.69, 9.17) is 5.73 Å². The average Bonchev–Trinajstić information content (AvgIpc) is 2.07. The first-order valence-electron chi connectivity index (χ1n) is 4.72. The lowest BCUT2D eigenvalue weighted by molar-refractivity contribution is 0.603. The summed E-state index contributed by atoms with van der Waals surface area (Å²) < 4.78 is 0.983. The summed E-state index contributed by atoms with van der Waals surface area (Å²) in [6, 6.07) is 4.40. The van der Waals surface area contributed by atoms with Gasteiger partial charge in [0.25, 0.3) is 0 Å². The number of nitrogens with one attached hydrogen (secondary N) is 1. The minimum atomic E-state index is 0.208. The van der Waals surface area contributed by atoms with Crippen LogP contribution in [0.15, 0.2) is 22.8 Å². The predicted octanol–water partition coefficient (Wildman–Crippen LogP) is 2.38. The SMILES string of the molecule is CC(N)CC(C)Nc1ncccc1Br. The van der Waals surface area contributed by atoms with E-state index in [2.05, 4.69) is 33.2 Å². The van der Waals surface area contributed by atoms with Gasteiger partial charge < -0.3 is 11.1 Å². The van der Waals surface area contributed by atoms with Gasteiger partial charge in [-0.25, -0.2) is 4.98 Å². The van der Waals surface area contributed by atoms with E-state index in [1.165, 1.54) is 0 Å². The molecule has 1 rings (SSSR count). The van der Waals surface area contributed by atoms with Gasteiger partial charge in [0.05, 0.1) is 4.47 Å². The van der Waals surface area contributed by atoms with Gasteiger partial charge in [-0.2, -0.15) is 0 Å². The molecule has 0 radical (unpaired) electrons. The van der Waals surface area contributed by atoms with E-state index in [9.17, 15) is 0 Å². The first-order chi connectivity index (χ1) is 6.59. The van der Waals surface area contributed by atoms with Crippen LogP contribution in [0.4, 0.5) is 5.82 Å². The number of aromatic nitrogens is 1. The van der Waals surface area contributed by atoms with Crippen LogP contribution in [-0.4, -0.2) is 17.1 Å². The van der Waals surface area contributed by atoms with E-state index in [1.54, 1.807) is 6.20 Å². The fraction of sp³-hybridized carbons (Fsp3) is 0.500. The van der Waals surface area contributed by atoms with Crippen molar-refractivity contribution in [2.45, 2.75) is 32.4 Å². The van der Waals surface area contributed by atoms with Gasteiger partial charge in [0.2, 0.25) is 0 Å². The summed E-state index contributed by atoms with van der Waals surface area (Å²) in [5.41, 5.74) is 5.71. The molecule has 0 amide bonds. The molecule has 0 saturated heterocycles. The number of rotatable bonds is 4. The maximum Gasteiger partial charge on any atom is 0.140 e. The number of pyridine rings is 1. The first-order valence-corrected chi connectivity index (χ1v) is 5.51. The summed E-state index contributed by atoms with van der Waals surface area (Å²) in [5.74, 6) is 0.876. The lowest BCUT2D eigenvalue weighted by atomic mass is 10.1. The van der Waals surface area contributed by atoms with Crippen LogP contribution in [0.25, 0.3) is 0 Å². The summed E-state index contributed by atoms with van der Waals surface area (Å²) in [6.07, 6.45) is 2.70. The molecule has 0 spiro atoms. The van der Waals surface area contributed by atoms with E-state index in [-0.39, 0.29) is 6.04 Å². The standard InChI is InChI=1S/C10H16BrN3/c1-7(12)6-8(2)14-10-9(11)4-3-5-13-10/h3-5,7-8H,6,12H2,1-2H3,(H,13,14). The minimum absolute atomic E-state index is 0.208. The third kappa shape index (κ3) is 3.64. The summed E-state index contributed by atoms with van der Waals surface area (Å²) in [4.78, 5) is 4.23. The second kappa shape index (κ2) is 5.32. The Hall–Kier alpha value is -0.610. The van der Waals surface area contributed by atoms with Crippen molar-refractivity contribution >= 4 is 21.7 Å². The van der Waals surface area contributed by atoms with Gasteiger partial charge in [0, 0.05) is 18.3 Å². The van der Waals surface area contributed by atoms with Crippen LogP contribution in [0.2, 0.25) is 0 Å². The van der Waals surface area contributed by atoms with Crippen molar-refractivity contribution in [2.24, 2.45) is 5.73 Å². The number of nitrogens with zero attached hydrogens (tertiary/aromatic N) is 1. The van der Waals surface area contributed by atoms with Crippen molar-refractivity contribution in [3.8, 4) is 0 Å². The Bertz CT molecular complexity index is 288. The highest BCUT2D eigenvalue weighted by molar-refractivity contribution is 9.10. The Kier molecular flexibility index (Phi) is 4.35. The van der Waals surface area contributed by atoms with Gasteiger partial charge in [-0.1, -0.05) is 0 Å². The molecular formula is C10H16BrN3. The summed E-state index contributed by atoms with van der Waals surface area (Å²) >= 11 is 3.43. The second-order valence-corrected chi connectivity index (χ2v) is 4.45. The van der Waals surface area contributed by atoms with Crippen molar-refractivity contribution in [1.29, 1.82) is 0 Å². The zero-order chi connectivity index (χ0) is 10.6. The van der Waals surface area contributed by atoms with Gasteiger partial charge in [-0.3, -0.25) is 0 Å². The molecule has 0 aliphatic rings. The van der Waals surface area contributed by atoms with E-state index in [1.807, 2.05) is 19.1 Å². The Morgan fingerprint density at radius 2 is 2.29 bits per heavy atom. The van der Waals surface area contributed by atoms with Crippen molar-refractivity contribution in [2.75, 3.05) is 5.32 Å². The molecule has 0 saturated carbocycles. The van der Waals surface area contributed by atoms with Gasteiger partial charge in [-0.15, -0.1) is 0 Å². The maximum atomic E-state index is 5.71. The van der Waals surface area contributed by atoms with Crippen LogP contribution in [0.1, 0.15) is 20.3 Å². The third-order valence-corrected chi connectivity index (χ3v) is 2.51. The first kappa shape index (κ1) is 11.5. The molecular weight excluding hydrogens is 242 g/mol. The molecule has 1 aromatic heterocycles.